The first kappa shape index (κ1) is 19.2. The SMILES string of the molecule is COCCN1CC(=O)N(Cc2cc(F)cc(C(F)(F)F)c2)[C@@H](C)C1=O. The van der Waals surface area contributed by atoms with E-state index in [2.05, 4.69) is 0 Å². The van der Waals surface area contributed by atoms with Crippen LogP contribution in [0.2, 0.25) is 0 Å². The molecule has 1 aliphatic rings. The molecule has 1 aromatic carbocycles. The molecule has 0 aliphatic carbocycles. The quantitative estimate of drug-likeness (QED) is 0.754. The second-order valence-electron chi connectivity index (χ2n) is 5.80. The van der Waals surface area contributed by atoms with Crippen LogP contribution in [-0.2, 0) is 27.0 Å². The number of methoxy groups -OCH3 is 1. The lowest BCUT2D eigenvalue weighted by Gasteiger charge is -2.38. The van der Waals surface area contributed by atoms with Gasteiger partial charge in [-0.1, -0.05) is 0 Å². The zero-order chi connectivity index (χ0) is 18.8. The van der Waals surface area contributed by atoms with Gasteiger partial charge in [0.25, 0.3) is 0 Å². The lowest BCUT2D eigenvalue weighted by molar-refractivity contribution is -0.156. The Bertz CT molecular complexity index is 663. The number of carbonyl (C=O) groups is 2. The van der Waals surface area contributed by atoms with Crippen LogP contribution < -0.4 is 0 Å². The number of hydrogen-bond acceptors (Lipinski definition) is 3. The average Bonchev–Trinajstić information content (AvgIpc) is 2.52. The predicted molar refractivity (Wildman–Crippen MR) is 79.9 cm³/mol. The van der Waals surface area contributed by atoms with Gasteiger partial charge in [-0.2, -0.15) is 13.2 Å². The van der Waals surface area contributed by atoms with Crippen LogP contribution in [0.3, 0.4) is 0 Å². The lowest BCUT2D eigenvalue weighted by Crippen LogP contribution is -2.58. The van der Waals surface area contributed by atoms with E-state index in [1.165, 1.54) is 18.9 Å². The second kappa shape index (κ2) is 7.38. The van der Waals surface area contributed by atoms with Crippen LogP contribution in [0.5, 0.6) is 0 Å². The van der Waals surface area contributed by atoms with Gasteiger partial charge in [0.15, 0.2) is 0 Å². The molecular formula is C16H18F4N2O3. The number of halogens is 4. The van der Waals surface area contributed by atoms with E-state index in [-0.39, 0.29) is 37.7 Å². The molecule has 0 unspecified atom stereocenters. The summed E-state index contributed by atoms with van der Waals surface area (Å²) in [6.45, 7) is 1.55. The van der Waals surface area contributed by atoms with Gasteiger partial charge >= 0.3 is 6.18 Å². The van der Waals surface area contributed by atoms with E-state index < -0.39 is 29.5 Å². The molecule has 1 aliphatic heterocycles. The summed E-state index contributed by atoms with van der Waals surface area (Å²) in [6.07, 6.45) is -4.69. The van der Waals surface area contributed by atoms with Gasteiger partial charge in [0.1, 0.15) is 11.9 Å². The van der Waals surface area contributed by atoms with Gasteiger partial charge in [-0.15, -0.1) is 0 Å². The molecule has 0 radical (unpaired) electrons. The highest BCUT2D eigenvalue weighted by Crippen LogP contribution is 2.31. The molecule has 25 heavy (non-hydrogen) atoms. The van der Waals surface area contributed by atoms with Gasteiger partial charge in [0, 0.05) is 20.2 Å². The summed E-state index contributed by atoms with van der Waals surface area (Å²) in [4.78, 5) is 27.0. The first-order valence-corrected chi connectivity index (χ1v) is 7.57. The normalized spacial score (nSPS) is 18.9. The molecule has 1 heterocycles. The largest absolute Gasteiger partial charge is 0.416 e. The minimum atomic E-state index is -4.69. The molecule has 138 valence electrons. The maximum absolute atomic E-state index is 13.5. The van der Waals surface area contributed by atoms with E-state index >= 15 is 0 Å². The average molecular weight is 362 g/mol. The van der Waals surface area contributed by atoms with Gasteiger partial charge in [0.2, 0.25) is 11.8 Å². The number of benzene rings is 1. The van der Waals surface area contributed by atoms with Gasteiger partial charge in [-0.25, -0.2) is 4.39 Å². The molecule has 0 spiro atoms. The third-order valence-corrected chi connectivity index (χ3v) is 3.99. The van der Waals surface area contributed by atoms with Crippen molar-refractivity contribution >= 4 is 11.8 Å². The molecule has 0 aromatic heterocycles. The van der Waals surface area contributed by atoms with Crippen molar-refractivity contribution in [1.82, 2.24) is 9.80 Å². The van der Waals surface area contributed by atoms with E-state index in [0.29, 0.717) is 6.07 Å². The van der Waals surface area contributed by atoms with Crippen LogP contribution in [0, 0.1) is 5.82 Å². The third kappa shape index (κ3) is 4.47. The summed E-state index contributed by atoms with van der Waals surface area (Å²) in [5, 5.41) is 0. The Kier molecular flexibility index (Phi) is 5.66. The summed E-state index contributed by atoms with van der Waals surface area (Å²) in [5.41, 5.74) is -1.15. The number of carbonyl (C=O) groups excluding carboxylic acids is 2. The topological polar surface area (TPSA) is 49.9 Å². The highest BCUT2D eigenvalue weighted by atomic mass is 19.4. The van der Waals surface area contributed by atoms with Crippen molar-refractivity contribution in [2.45, 2.75) is 25.7 Å². The molecule has 2 rings (SSSR count). The van der Waals surface area contributed by atoms with Crippen LogP contribution in [-0.4, -0.2) is 54.5 Å². The van der Waals surface area contributed by atoms with Crippen LogP contribution >= 0.6 is 0 Å². The molecule has 0 bridgehead atoms. The first-order valence-electron chi connectivity index (χ1n) is 7.57. The molecule has 1 fully saturated rings. The fourth-order valence-corrected chi connectivity index (χ4v) is 2.66. The van der Waals surface area contributed by atoms with Crippen LogP contribution in [0.4, 0.5) is 17.6 Å². The monoisotopic (exact) mass is 362 g/mol. The minimum Gasteiger partial charge on any atom is -0.383 e. The lowest BCUT2D eigenvalue weighted by atomic mass is 10.1. The van der Waals surface area contributed by atoms with E-state index in [0.717, 1.165) is 17.0 Å². The van der Waals surface area contributed by atoms with Gasteiger partial charge in [-0.05, 0) is 30.7 Å². The highest BCUT2D eigenvalue weighted by Gasteiger charge is 2.37. The standard InChI is InChI=1S/C16H18F4N2O3/c1-10-15(24)21(3-4-25-2)9-14(23)22(10)8-11-5-12(16(18,19)20)7-13(17)6-11/h5-7,10H,3-4,8-9H2,1-2H3/t10-/m0/s1. The van der Waals surface area contributed by atoms with Crippen LogP contribution in [0.25, 0.3) is 0 Å². The van der Waals surface area contributed by atoms with Crippen LogP contribution in [0.15, 0.2) is 18.2 Å². The maximum atomic E-state index is 13.5. The number of ether oxygens (including phenoxy) is 1. The van der Waals surface area contributed by atoms with E-state index in [1.807, 2.05) is 0 Å². The molecule has 1 aromatic rings. The van der Waals surface area contributed by atoms with Crippen molar-refractivity contribution in [1.29, 1.82) is 0 Å². The Balaban J connectivity index is 2.19. The van der Waals surface area contributed by atoms with E-state index in [4.69, 9.17) is 4.74 Å². The molecule has 9 heteroatoms. The van der Waals surface area contributed by atoms with Gasteiger partial charge < -0.3 is 14.5 Å². The number of hydrogen-bond donors (Lipinski definition) is 0. The Labute approximate surface area is 142 Å². The summed E-state index contributed by atoms with van der Waals surface area (Å²) >= 11 is 0. The van der Waals surface area contributed by atoms with Gasteiger partial charge in [0.05, 0.1) is 18.7 Å². The molecule has 0 saturated carbocycles. The summed E-state index contributed by atoms with van der Waals surface area (Å²) in [7, 11) is 1.47. The van der Waals surface area contributed by atoms with Gasteiger partial charge in [-0.3, -0.25) is 9.59 Å². The van der Waals surface area contributed by atoms with Crippen molar-refractivity contribution < 1.29 is 31.9 Å². The Hall–Kier alpha value is -2.16. The smallest absolute Gasteiger partial charge is 0.383 e. The first-order chi connectivity index (χ1) is 11.6. The molecule has 0 N–H and O–H groups in total. The molecule has 5 nitrogen and oxygen atoms in total. The maximum Gasteiger partial charge on any atom is 0.416 e. The molecular weight excluding hydrogens is 344 g/mol. The number of amides is 2. The highest BCUT2D eigenvalue weighted by molar-refractivity contribution is 5.94. The summed E-state index contributed by atoms with van der Waals surface area (Å²) < 4.78 is 56.7. The van der Waals surface area contributed by atoms with E-state index in [1.54, 1.807) is 0 Å². The van der Waals surface area contributed by atoms with Crippen molar-refractivity contribution in [2.24, 2.45) is 0 Å². The number of nitrogens with zero attached hydrogens (tertiary/aromatic N) is 2. The zero-order valence-corrected chi connectivity index (χ0v) is 13.8. The minimum absolute atomic E-state index is 0.0225. The predicted octanol–water partition coefficient (Wildman–Crippen LogP) is 2.05. The summed E-state index contributed by atoms with van der Waals surface area (Å²) in [6, 6.07) is 1.25. The molecule has 1 atom stereocenters. The van der Waals surface area contributed by atoms with Crippen molar-refractivity contribution in [3.8, 4) is 0 Å². The zero-order valence-electron chi connectivity index (χ0n) is 13.8. The second-order valence-corrected chi connectivity index (χ2v) is 5.80. The third-order valence-electron chi connectivity index (χ3n) is 3.99. The van der Waals surface area contributed by atoms with Crippen molar-refractivity contribution in [3.05, 3.63) is 35.1 Å². The van der Waals surface area contributed by atoms with Crippen molar-refractivity contribution in [2.75, 3.05) is 26.8 Å². The number of rotatable bonds is 5. The fourth-order valence-electron chi connectivity index (χ4n) is 2.66. The molecule has 1 saturated heterocycles. The molecule has 2 amide bonds. The Morgan fingerprint density at radius 2 is 1.92 bits per heavy atom. The Morgan fingerprint density at radius 3 is 2.52 bits per heavy atom. The van der Waals surface area contributed by atoms with Crippen molar-refractivity contribution in [3.63, 3.8) is 0 Å². The Morgan fingerprint density at radius 1 is 1.24 bits per heavy atom. The summed E-state index contributed by atoms with van der Waals surface area (Å²) in [5.74, 6) is -1.79. The van der Waals surface area contributed by atoms with E-state index in [9.17, 15) is 27.2 Å². The van der Waals surface area contributed by atoms with Crippen LogP contribution in [0.1, 0.15) is 18.1 Å². The number of piperazine rings is 1. The number of alkyl halides is 3. The fraction of sp³-hybridized carbons (Fsp3) is 0.500.